The second kappa shape index (κ2) is 11.5. The fourth-order valence-electron chi connectivity index (χ4n) is 4.23. The topological polar surface area (TPSA) is 64.6 Å². The molecule has 0 saturated carbocycles. The third-order valence-electron chi connectivity index (χ3n) is 3.50. The zero-order valence-corrected chi connectivity index (χ0v) is 31.3. The van der Waals surface area contributed by atoms with E-state index < -0.39 is 69.4 Å². The smallest absolute Gasteiger partial charge is 0.314 e. The fourth-order valence-corrected chi connectivity index (χ4v) is 40.4. The van der Waals surface area contributed by atoms with Gasteiger partial charge in [0.1, 0.15) is 0 Å². The molecule has 0 heterocycles. The van der Waals surface area contributed by atoms with Gasteiger partial charge in [0, 0.05) is 0 Å². The second-order valence-corrected chi connectivity index (χ2v) is 38.2. The molecule has 0 bridgehead atoms. The highest BCUT2D eigenvalue weighted by Crippen LogP contribution is 2.28. The lowest BCUT2D eigenvalue weighted by Crippen LogP contribution is -2.60. The van der Waals surface area contributed by atoms with Crippen LogP contribution < -0.4 is 0 Å². The second-order valence-electron chi connectivity index (χ2n) is 11.2. The summed E-state index contributed by atoms with van der Waals surface area (Å²) < 4.78 is 45.0. The minimum Gasteiger partial charge on any atom is -0.440 e. The molecule has 0 radical (unpaired) electrons. The van der Waals surface area contributed by atoms with Gasteiger partial charge in [0.2, 0.25) is 0 Å². The highest BCUT2D eigenvalue weighted by molar-refractivity contribution is 6.91. The van der Waals surface area contributed by atoms with Gasteiger partial charge in [-0.05, 0) is 105 Å². The average Bonchev–Trinajstić information content (AvgIpc) is 2.24. The van der Waals surface area contributed by atoms with E-state index in [4.69, 9.17) is 28.8 Å². The van der Waals surface area contributed by atoms with Gasteiger partial charge in [0.05, 0.1) is 0 Å². The summed E-state index contributed by atoms with van der Waals surface area (Å²) in [6.07, 6.45) is 0. The predicted octanol–water partition coefficient (Wildman–Crippen LogP) is 5.28. The van der Waals surface area contributed by atoms with Crippen molar-refractivity contribution in [3.05, 3.63) is 0 Å². The van der Waals surface area contributed by atoms with Crippen molar-refractivity contribution in [1.82, 2.24) is 0 Å². The SMILES string of the molecule is C[SiH](C)O[Si](C)(C)O[Si](C)(C)O[Si](C)(C)O[Si](C)(C)O[Si](C)(C)O[Si](C)(C)O[SiH](C)C. The van der Waals surface area contributed by atoms with Crippen molar-refractivity contribution in [2.75, 3.05) is 0 Å². The van der Waals surface area contributed by atoms with Crippen LogP contribution in [0.4, 0.5) is 0 Å². The normalized spacial score (nSPS) is 15.3. The van der Waals surface area contributed by atoms with Crippen LogP contribution in [0.15, 0.2) is 0 Å². The Hall–Kier alpha value is 1.46. The first kappa shape index (κ1) is 32.5. The predicted molar refractivity (Wildman–Crippen MR) is 150 cm³/mol. The van der Waals surface area contributed by atoms with Crippen LogP contribution in [-0.4, -0.2) is 69.4 Å². The van der Waals surface area contributed by atoms with Crippen LogP contribution in [-0.2, 0) is 28.8 Å². The molecule has 31 heavy (non-hydrogen) atoms. The Morgan fingerprint density at radius 1 is 0.323 bits per heavy atom. The summed E-state index contributed by atoms with van der Waals surface area (Å²) in [5.41, 5.74) is 0. The summed E-state index contributed by atoms with van der Waals surface area (Å²) >= 11 is 0. The third-order valence-corrected chi connectivity index (χ3v) is 31.5. The van der Waals surface area contributed by atoms with Gasteiger partial charge in [-0.2, -0.15) is 0 Å². The maximum atomic E-state index is 6.60. The maximum Gasteiger partial charge on any atom is 0.314 e. The van der Waals surface area contributed by atoms with E-state index in [1.54, 1.807) is 0 Å². The molecule has 0 aromatic carbocycles. The lowest BCUT2D eigenvalue weighted by atomic mass is 11.9. The first-order chi connectivity index (χ1) is 13.4. The van der Waals surface area contributed by atoms with E-state index in [9.17, 15) is 0 Å². The summed E-state index contributed by atoms with van der Waals surface area (Å²) in [6.45, 7) is 33.8. The molecule has 0 saturated heterocycles. The Morgan fingerprint density at radius 2 is 0.484 bits per heavy atom. The van der Waals surface area contributed by atoms with E-state index >= 15 is 0 Å². The molecule has 0 fully saturated rings. The molecule has 0 aliphatic heterocycles. The van der Waals surface area contributed by atoms with E-state index in [0.29, 0.717) is 0 Å². The zero-order chi connectivity index (χ0) is 25.1. The van der Waals surface area contributed by atoms with Gasteiger partial charge in [-0.15, -0.1) is 0 Å². The molecule has 0 rings (SSSR count). The van der Waals surface area contributed by atoms with Crippen LogP contribution in [0.25, 0.3) is 0 Å². The van der Waals surface area contributed by atoms with Crippen LogP contribution in [0.5, 0.6) is 0 Å². The van der Waals surface area contributed by atoms with Crippen LogP contribution in [0, 0.1) is 0 Å². The van der Waals surface area contributed by atoms with Crippen molar-refractivity contribution in [3.63, 3.8) is 0 Å². The summed E-state index contributed by atoms with van der Waals surface area (Å²) in [6, 6.07) is 0. The molecular formula is C16H50O7Si8. The van der Waals surface area contributed by atoms with Crippen molar-refractivity contribution in [1.29, 1.82) is 0 Å². The number of hydrogen-bond acceptors (Lipinski definition) is 7. The third kappa shape index (κ3) is 15.9. The Labute approximate surface area is 202 Å². The van der Waals surface area contributed by atoms with Gasteiger partial charge in [0.15, 0.2) is 18.1 Å². The van der Waals surface area contributed by atoms with Gasteiger partial charge >= 0.3 is 51.4 Å². The largest absolute Gasteiger partial charge is 0.440 e. The van der Waals surface area contributed by atoms with E-state index in [1.807, 2.05) is 0 Å². The van der Waals surface area contributed by atoms with Crippen molar-refractivity contribution in [2.45, 2.75) is 105 Å². The van der Waals surface area contributed by atoms with Crippen LogP contribution >= 0.6 is 0 Å². The standard InChI is InChI=1S/C16H50O7Si8/c1-24(2)17-26(5,6)19-28(9,10)21-30(13,14)23-31(15,16)22-29(11,12)20-27(7,8)18-25(3)4/h24-25H,1-16H3. The summed E-state index contributed by atoms with van der Waals surface area (Å²) in [4.78, 5) is 0. The van der Waals surface area contributed by atoms with E-state index in [2.05, 4.69) is 105 Å². The van der Waals surface area contributed by atoms with E-state index in [1.165, 1.54) is 0 Å². The summed E-state index contributed by atoms with van der Waals surface area (Å²) in [7, 11) is -16.6. The van der Waals surface area contributed by atoms with E-state index in [0.717, 1.165) is 0 Å². The highest BCUT2D eigenvalue weighted by atomic mass is 28.5. The van der Waals surface area contributed by atoms with Gasteiger partial charge in [0.25, 0.3) is 0 Å². The molecule has 0 aromatic rings. The number of rotatable bonds is 14. The van der Waals surface area contributed by atoms with Crippen LogP contribution in [0.2, 0.25) is 105 Å². The molecule has 0 aliphatic rings. The molecule has 0 atom stereocenters. The molecule has 15 heteroatoms. The van der Waals surface area contributed by atoms with Gasteiger partial charge in [-0.1, -0.05) is 0 Å². The average molecular weight is 579 g/mol. The zero-order valence-electron chi connectivity index (χ0n) is 23.0. The molecule has 0 N–H and O–H groups in total. The first-order valence-corrected chi connectivity index (χ1v) is 33.7. The monoisotopic (exact) mass is 578 g/mol. The van der Waals surface area contributed by atoms with E-state index in [-0.39, 0.29) is 0 Å². The molecule has 0 amide bonds. The highest BCUT2D eigenvalue weighted by Gasteiger charge is 2.48. The maximum absolute atomic E-state index is 6.60. The molecule has 188 valence electrons. The fraction of sp³-hybridized carbons (Fsp3) is 1.00. The van der Waals surface area contributed by atoms with Crippen molar-refractivity contribution in [2.24, 2.45) is 0 Å². The Kier molecular flexibility index (Phi) is 12.0. The summed E-state index contributed by atoms with van der Waals surface area (Å²) in [5, 5.41) is 0. The van der Waals surface area contributed by atoms with Crippen LogP contribution in [0.1, 0.15) is 0 Å². The van der Waals surface area contributed by atoms with Gasteiger partial charge in [-0.25, -0.2) is 0 Å². The molecular weight excluding hydrogens is 529 g/mol. The van der Waals surface area contributed by atoms with Crippen molar-refractivity contribution >= 4 is 69.4 Å². The molecule has 0 aliphatic carbocycles. The molecule has 0 aromatic heterocycles. The first-order valence-electron chi connectivity index (χ1n) is 11.2. The van der Waals surface area contributed by atoms with Gasteiger partial charge < -0.3 is 28.8 Å². The number of hydrogen-bond donors (Lipinski definition) is 0. The Morgan fingerprint density at radius 3 is 0.645 bits per heavy atom. The van der Waals surface area contributed by atoms with Gasteiger partial charge in [-0.3, -0.25) is 0 Å². The van der Waals surface area contributed by atoms with Crippen molar-refractivity contribution in [3.8, 4) is 0 Å². The summed E-state index contributed by atoms with van der Waals surface area (Å²) in [5.74, 6) is 0. The lowest BCUT2D eigenvalue weighted by molar-refractivity contribution is 0.266. The molecule has 0 spiro atoms. The van der Waals surface area contributed by atoms with Crippen molar-refractivity contribution < 1.29 is 28.8 Å². The molecule has 7 nitrogen and oxygen atoms in total. The lowest BCUT2D eigenvalue weighted by Gasteiger charge is -2.43. The minimum absolute atomic E-state index is 1.17. The van der Waals surface area contributed by atoms with Crippen LogP contribution in [0.3, 0.4) is 0 Å². The Bertz CT molecular complexity index is 520. The molecule has 0 unspecified atom stereocenters. The minimum atomic E-state index is -2.49. The quantitative estimate of drug-likeness (QED) is 0.260. The Balaban J connectivity index is 5.17.